The zero-order valence-electron chi connectivity index (χ0n) is 21.3. The molecule has 1 saturated heterocycles. The van der Waals surface area contributed by atoms with Crippen molar-refractivity contribution in [1.82, 2.24) is 0 Å². The Labute approximate surface area is 230 Å². The molecule has 4 aromatic rings. The smallest absolute Gasteiger partial charge is 0.340 e. The van der Waals surface area contributed by atoms with Gasteiger partial charge < -0.3 is 10.1 Å². The number of hydrogen-bond acceptors (Lipinski definition) is 5. The van der Waals surface area contributed by atoms with Gasteiger partial charge >= 0.3 is 5.97 Å². The highest BCUT2D eigenvalue weighted by Crippen LogP contribution is 2.61. The van der Waals surface area contributed by atoms with Crippen molar-refractivity contribution in [1.29, 1.82) is 0 Å². The van der Waals surface area contributed by atoms with E-state index in [-0.39, 0.29) is 34.9 Å². The number of nitrogens with one attached hydrogen (secondary N) is 1. The molecule has 1 N–H and O–H groups in total. The molecule has 4 aromatic carbocycles. The normalized spacial score (nSPS) is 21.9. The van der Waals surface area contributed by atoms with Crippen LogP contribution in [0.15, 0.2) is 103 Å². The lowest BCUT2D eigenvalue weighted by atomic mass is 9.55. The number of nitrogens with zero attached hydrogens (tertiary/aromatic N) is 1. The number of imide groups is 1. The predicted octanol–water partition coefficient (Wildman–Crippen LogP) is 4.88. The van der Waals surface area contributed by atoms with E-state index in [1.54, 1.807) is 42.5 Å². The number of amides is 3. The molecule has 2 bridgehead atoms. The Hall–Kier alpha value is -5.04. The third kappa shape index (κ3) is 3.58. The number of para-hydroxylation sites is 2. The van der Waals surface area contributed by atoms with Crippen LogP contribution < -0.4 is 10.2 Å². The lowest BCUT2D eigenvalue weighted by Gasteiger charge is -2.45. The molecule has 3 amide bonds. The zero-order chi connectivity index (χ0) is 27.4. The van der Waals surface area contributed by atoms with Crippen molar-refractivity contribution in [2.45, 2.75) is 11.8 Å². The monoisotopic (exact) mass is 528 g/mol. The second kappa shape index (κ2) is 9.31. The Balaban J connectivity index is 1.20. The molecule has 2 atom stereocenters. The zero-order valence-corrected chi connectivity index (χ0v) is 21.3. The minimum Gasteiger partial charge on any atom is -0.452 e. The molecule has 1 aliphatic heterocycles. The van der Waals surface area contributed by atoms with E-state index in [2.05, 4.69) is 5.32 Å². The quantitative estimate of drug-likeness (QED) is 0.295. The number of carbonyl (C=O) groups excluding carboxylic acids is 4. The molecule has 0 aromatic heterocycles. The van der Waals surface area contributed by atoms with E-state index in [4.69, 9.17) is 4.74 Å². The first-order chi connectivity index (χ1) is 19.5. The number of carbonyl (C=O) groups is 4. The fourth-order valence-corrected chi connectivity index (χ4v) is 6.68. The Bertz CT molecular complexity index is 1580. The summed E-state index contributed by atoms with van der Waals surface area (Å²) < 4.78 is 5.31. The van der Waals surface area contributed by atoms with Crippen LogP contribution in [0.1, 0.15) is 44.4 Å². The van der Waals surface area contributed by atoms with Crippen LogP contribution in [0.25, 0.3) is 0 Å². The fraction of sp³-hybridized carbons (Fsp3) is 0.152. The van der Waals surface area contributed by atoms with Crippen molar-refractivity contribution in [3.63, 3.8) is 0 Å². The summed E-state index contributed by atoms with van der Waals surface area (Å²) in [7, 11) is 0. The van der Waals surface area contributed by atoms with Crippen molar-refractivity contribution in [2.75, 3.05) is 16.8 Å². The SMILES string of the molecule is O=C(COC(=O)c1ccccc1N1C(=O)[C@H]2C3c4ccccc4C(c4ccccc43)[C@@H]2C1=O)Nc1ccccc1. The van der Waals surface area contributed by atoms with E-state index in [9.17, 15) is 19.2 Å². The average Bonchev–Trinajstić information content (AvgIpc) is 3.26. The number of rotatable bonds is 5. The van der Waals surface area contributed by atoms with Gasteiger partial charge in [0.2, 0.25) is 11.8 Å². The molecule has 1 heterocycles. The molecule has 0 unspecified atom stereocenters. The summed E-state index contributed by atoms with van der Waals surface area (Å²) >= 11 is 0. The molecule has 3 aliphatic carbocycles. The van der Waals surface area contributed by atoms with Gasteiger partial charge in [-0.3, -0.25) is 14.4 Å². The molecule has 0 radical (unpaired) electrons. The molecular weight excluding hydrogens is 504 g/mol. The van der Waals surface area contributed by atoms with E-state index >= 15 is 0 Å². The van der Waals surface area contributed by atoms with Crippen molar-refractivity contribution >= 4 is 35.1 Å². The second-order valence-corrected chi connectivity index (χ2v) is 10.3. The van der Waals surface area contributed by atoms with Crippen molar-refractivity contribution < 1.29 is 23.9 Å². The molecule has 40 heavy (non-hydrogen) atoms. The molecule has 7 nitrogen and oxygen atoms in total. The Morgan fingerprint density at radius 1 is 0.650 bits per heavy atom. The molecule has 7 heteroatoms. The third-order valence-electron chi connectivity index (χ3n) is 8.21. The van der Waals surface area contributed by atoms with E-state index in [0.29, 0.717) is 5.69 Å². The van der Waals surface area contributed by atoms with Gasteiger partial charge in [0, 0.05) is 17.5 Å². The summed E-state index contributed by atoms with van der Waals surface area (Å²) in [5.41, 5.74) is 5.11. The predicted molar refractivity (Wildman–Crippen MR) is 148 cm³/mol. The van der Waals surface area contributed by atoms with Gasteiger partial charge in [-0.15, -0.1) is 0 Å². The molecule has 8 rings (SSSR count). The number of benzene rings is 4. The summed E-state index contributed by atoms with van der Waals surface area (Å²) in [6.07, 6.45) is 0. The average molecular weight is 529 g/mol. The summed E-state index contributed by atoms with van der Waals surface area (Å²) in [5, 5.41) is 2.67. The molecule has 1 fully saturated rings. The second-order valence-electron chi connectivity index (χ2n) is 10.3. The van der Waals surface area contributed by atoms with Gasteiger partial charge in [-0.05, 0) is 46.5 Å². The number of ether oxygens (including phenoxy) is 1. The van der Waals surface area contributed by atoms with Crippen molar-refractivity contribution in [2.24, 2.45) is 11.8 Å². The van der Waals surface area contributed by atoms with Crippen LogP contribution in [-0.2, 0) is 19.1 Å². The highest BCUT2D eigenvalue weighted by molar-refractivity contribution is 6.25. The molecular formula is C33H24N2O5. The maximum atomic E-state index is 14.1. The van der Waals surface area contributed by atoms with Gasteiger partial charge in [0.1, 0.15) is 0 Å². The number of esters is 1. The van der Waals surface area contributed by atoms with E-state index in [1.807, 2.05) is 54.6 Å². The Morgan fingerprint density at radius 2 is 1.12 bits per heavy atom. The summed E-state index contributed by atoms with van der Waals surface area (Å²) in [5.74, 6) is -3.56. The Morgan fingerprint density at radius 3 is 1.68 bits per heavy atom. The highest BCUT2D eigenvalue weighted by atomic mass is 16.5. The number of anilines is 2. The largest absolute Gasteiger partial charge is 0.452 e. The minimum atomic E-state index is -0.788. The lowest BCUT2D eigenvalue weighted by Crippen LogP contribution is -2.41. The molecule has 4 aliphatic rings. The van der Waals surface area contributed by atoms with Crippen LogP contribution in [0.2, 0.25) is 0 Å². The van der Waals surface area contributed by atoms with Crippen LogP contribution in [0, 0.1) is 11.8 Å². The summed E-state index contributed by atoms with van der Waals surface area (Å²) in [6, 6.07) is 31.3. The van der Waals surface area contributed by atoms with Crippen LogP contribution >= 0.6 is 0 Å². The number of hydrogen-bond donors (Lipinski definition) is 1. The maximum absolute atomic E-state index is 14.1. The van der Waals surface area contributed by atoms with Gasteiger partial charge in [-0.25, -0.2) is 9.69 Å². The maximum Gasteiger partial charge on any atom is 0.340 e. The van der Waals surface area contributed by atoms with Gasteiger partial charge in [-0.1, -0.05) is 78.9 Å². The van der Waals surface area contributed by atoms with Crippen LogP contribution in [-0.4, -0.2) is 30.3 Å². The van der Waals surface area contributed by atoms with Crippen LogP contribution in [0.3, 0.4) is 0 Å². The lowest BCUT2D eigenvalue weighted by molar-refractivity contribution is -0.122. The first-order valence-corrected chi connectivity index (χ1v) is 13.2. The van der Waals surface area contributed by atoms with Crippen molar-refractivity contribution in [3.8, 4) is 0 Å². The van der Waals surface area contributed by atoms with E-state index < -0.39 is 30.3 Å². The summed E-state index contributed by atoms with van der Waals surface area (Å²) in [4.78, 5) is 54.9. The molecule has 0 spiro atoms. The summed E-state index contributed by atoms with van der Waals surface area (Å²) in [6.45, 7) is -0.510. The van der Waals surface area contributed by atoms with Crippen LogP contribution in [0.5, 0.6) is 0 Å². The molecule has 0 saturated carbocycles. The highest BCUT2D eigenvalue weighted by Gasteiger charge is 2.62. The van der Waals surface area contributed by atoms with Gasteiger partial charge in [0.05, 0.1) is 23.1 Å². The topological polar surface area (TPSA) is 92.8 Å². The van der Waals surface area contributed by atoms with Gasteiger partial charge in [-0.2, -0.15) is 0 Å². The molecule has 196 valence electrons. The first kappa shape index (κ1) is 24.0. The van der Waals surface area contributed by atoms with Crippen molar-refractivity contribution in [3.05, 3.63) is 131 Å². The van der Waals surface area contributed by atoms with E-state index in [1.165, 1.54) is 6.07 Å². The van der Waals surface area contributed by atoms with Crippen LogP contribution in [0.4, 0.5) is 11.4 Å². The van der Waals surface area contributed by atoms with Gasteiger partial charge in [0.15, 0.2) is 6.61 Å². The standard InChI is InChI=1S/C33H24N2O5/c36-26(34-19-10-2-1-3-11-19)18-40-33(39)24-16-8-9-17-25(24)35-31(37)29-27-20-12-4-5-13-21(20)28(30(29)32(35)38)23-15-7-6-14-22(23)27/h1-17,27-30H,18H2,(H,34,36)/t27?,28?,29-,30-/m0/s1. The Kier molecular flexibility index (Phi) is 5.59. The minimum absolute atomic E-state index is 0.0535. The van der Waals surface area contributed by atoms with Gasteiger partial charge in [0.25, 0.3) is 5.91 Å². The fourth-order valence-electron chi connectivity index (χ4n) is 6.68. The van der Waals surface area contributed by atoms with E-state index in [0.717, 1.165) is 27.2 Å². The third-order valence-corrected chi connectivity index (χ3v) is 8.21. The first-order valence-electron chi connectivity index (χ1n) is 13.2.